The van der Waals surface area contributed by atoms with Crippen molar-refractivity contribution >= 4 is 17.1 Å². The smallest absolute Gasteiger partial charge is 0.208 e. The van der Waals surface area contributed by atoms with Crippen molar-refractivity contribution in [2.24, 2.45) is 4.40 Å². The Labute approximate surface area is 66.5 Å². The van der Waals surface area contributed by atoms with Gasteiger partial charge in [-0.25, -0.2) is 8.42 Å². The fourth-order valence-electron chi connectivity index (χ4n) is 0.653. The number of thiol groups is 1. The van der Waals surface area contributed by atoms with Gasteiger partial charge in [-0.05, 0) is 5.56 Å². The van der Waals surface area contributed by atoms with Crippen molar-refractivity contribution in [1.29, 1.82) is 0 Å². The minimum Gasteiger partial charge on any atom is -0.208 e. The SMILES string of the molecule is O=[SH](=O)N=Cc1ccccc1. The maximum Gasteiger partial charge on any atom is 0.243 e. The fourth-order valence-corrected chi connectivity index (χ4v) is 0.881. The molecule has 11 heavy (non-hydrogen) atoms. The van der Waals surface area contributed by atoms with Gasteiger partial charge >= 0.3 is 0 Å². The maximum atomic E-state index is 10.0. The lowest BCUT2D eigenvalue weighted by atomic mass is 10.2. The van der Waals surface area contributed by atoms with Crippen LogP contribution in [0.4, 0.5) is 0 Å². The van der Waals surface area contributed by atoms with E-state index in [0.29, 0.717) is 0 Å². The zero-order valence-electron chi connectivity index (χ0n) is 5.68. The molecule has 0 spiro atoms. The molecule has 4 heteroatoms. The topological polar surface area (TPSA) is 46.5 Å². The zero-order chi connectivity index (χ0) is 8.10. The first-order valence-electron chi connectivity index (χ1n) is 3.02. The molecule has 0 aliphatic heterocycles. The lowest BCUT2D eigenvalue weighted by Crippen LogP contribution is -1.78. The summed E-state index contributed by atoms with van der Waals surface area (Å²) in [6.45, 7) is 0. The van der Waals surface area contributed by atoms with Gasteiger partial charge in [0.15, 0.2) is 0 Å². The minimum atomic E-state index is -2.65. The number of hydrogen-bond donors (Lipinski definition) is 1. The summed E-state index contributed by atoms with van der Waals surface area (Å²) in [6, 6.07) is 9.05. The van der Waals surface area contributed by atoms with Gasteiger partial charge in [-0.2, -0.15) is 4.40 Å². The molecule has 0 amide bonds. The van der Waals surface area contributed by atoms with Crippen LogP contribution in [-0.2, 0) is 10.9 Å². The van der Waals surface area contributed by atoms with Crippen molar-refractivity contribution in [3.05, 3.63) is 35.9 Å². The average molecular weight is 169 g/mol. The highest BCUT2D eigenvalue weighted by Crippen LogP contribution is 1.93. The quantitative estimate of drug-likeness (QED) is 0.521. The summed E-state index contributed by atoms with van der Waals surface area (Å²) in [7, 11) is -2.65. The van der Waals surface area contributed by atoms with Crippen LogP contribution in [0.3, 0.4) is 0 Å². The molecule has 58 valence electrons. The Balaban J connectivity index is 2.80. The summed E-state index contributed by atoms with van der Waals surface area (Å²) >= 11 is 0. The van der Waals surface area contributed by atoms with Gasteiger partial charge in [0.1, 0.15) is 0 Å². The number of hydrogen-bond acceptors (Lipinski definition) is 2. The van der Waals surface area contributed by atoms with Crippen molar-refractivity contribution < 1.29 is 8.42 Å². The number of rotatable bonds is 2. The summed E-state index contributed by atoms with van der Waals surface area (Å²) in [5.74, 6) is 0. The van der Waals surface area contributed by atoms with Gasteiger partial charge in [0.25, 0.3) is 0 Å². The van der Waals surface area contributed by atoms with Crippen molar-refractivity contribution in [2.75, 3.05) is 0 Å². The highest BCUT2D eigenvalue weighted by molar-refractivity contribution is 7.71. The lowest BCUT2D eigenvalue weighted by Gasteiger charge is -1.86. The van der Waals surface area contributed by atoms with E-state index in [2.05, 4.69) is 4.40 Å². The first-order chi connectivity index (χ1) is 5.29. The molecule has 0 saturated heterocycles. The molecule has 0 saturated carbocycles. The van der Waals surface area contributed by atoms with Gasteiger partial charge in [-0.3, -0.25) is 0 Å². The molecule has 0 bridgehead atoms. The van der Waals surface area contributed by atoms with E-state index >= 15 is 0 Å². The van der Waals surface area contributed by atoms with Gasteiger partial charge in [0.2, 0.25) is 10.9 Å². The van der Waals surface area contributed by atoms with E-state index in [1.165, 1.54) is 6.21 Å². The largest absolute Gasteiger partial charge is 0.243 e. The molecule has 0 N–H and O–H groups in total. The molecule has 0 heterocycles. The van der Waals surface area contributed by atoms with E-state index in [4.69, 9.17) is 0 Å². The third-order valence-electron chi connectivity index (χ3n) is 1.10. The zero-order valence-corrected chi connectivity index (χ0v) is 6.57. The lowest BCUT2D eigenvalue weighted by molar-refractivity contribution is 0.616. The molecule has 1 rings (SSSR count). The molecule has 0 fully saturated rings. The molecule has 0 aliphatic rings. The predicted molar refractivity (Wildman–Crippen MR) is 44.4 cm³/mol. The highest BCUT2D eigenvalue weighted by atomic mass is 32.2. The average Bonchev–Trinajstić information content (AvgIpc) is 2.03. The Kier molecular flexibility index (Phi) is 2.80. The second kappa shape index (κ2) is 3.88. The first kappa shape index (κ1) is 7.94. The summed E-state index contributed by atoms with van der Waals surface area (Å²) < 4.78 is 23.2. The van der Waals surface area contributed by atoms with Crippen LogP contribution in [0.5, 0.6) is 0 Å². The molecular weight excluding hydrogens is 162 g/mol. The van der Waals surface area contributed by atoms with Crippen LogP contribution in [-0.4, -0.2) is 14.6 Å². The predicted octanol–water partition coefficient (Wildman–Crippen LogP) is 0.632. The van der Waals surface area contributed by atoms with Crippen LogP contribution in [0, 0.1) is 0 Å². The van der Waals surface area contributed by atoms with Crippen LogP contribution in [0.15, 0.2) is 34.7 Å². The summed E-state index contributed by atoms with van der Waals surface area (Å²) in [4.78, 5) is 0. The van der Waals surface area contributed by atoms with Crippen molar-refractivity contribution in [1.82, 2.24) is 0 Å². The number of benzene rings is 1. The third kappa shape index (κ3) is 2.95. The second-order valence-electron chi connectivity index (χ2n) is 1.89. The van der Waals surface area contributed by atoms with Crippen LogP contribution in [0.1, 0.15) is 5.56 Å². The van der Waals surface area contributed by atoms with Gasteiger partial charge < -0.3 is 0 Å². The Morgan fingerprint density at radius 3 is 2.36 bits per heavy atom. The van der Waals surface area contributed by atoms with E-state index in [1.807, 2.05) is 18.2 Å². The number of nitrogens with zero attached hydrogens (tertiary/aromatic N) is 1. The molecule has 1 aromatic rings. The van der Waals surface area contributed by atoms with Gasteiger partial charge in [-0.1, -0.05) is 30.3 Å². The molecule has 0 radical (unpaired) electrons. The second-order valence-corrected chi connectivity index (χ2v) is 2.60. The van der Waals surface area contributed by atoms with Crippen molar-refractivity contribution in [3.63, 3.8) is 0 Å². The molecule has 0 aromatic heterocycles. The molecule has 0 unspecified atom stereocenters. The third-order valence-corrected chi connectivity index (χ3v) is 1.40. The maximum absolute atomic E-state index is 10.0. The monoisotopic (exact) mass is 169 g/mol. The molecular formula is C7H7NO2S. The van der Waals surface area contributed by atoms with Crippen molar-refractivity contribution in [3.8, 4) is 0 Å². The Morgan fingerprint density at radius 1 is 1.18 bits per heavy atom. The van der Waals surface area contributed by atoms with E-state index in [-0.39, 0.29) is 0 Å². The van der Waals surface area contributed by atoms with Crippen LogP contribution < -0.4 is 0 Å². The Bertz CT molecular complexity index is 308. The van der Waals surface area contributed by atoms with Crippen LogP contribution >= 0.6 is 0 Å². The summed E-state index contributed by atoms with van der Waals surface area (Å²) in [5, 5.41) is 0. The van der Waals surface area contributed by atoms with E-state index in [1.54, 1.807) is 12.1 Å². The molecule has 1 aromatic carbocycles. The van der Waals surface area contributed by atoms with Gasteiger partial charge in [0, 0.05) is 6.21 Å². The Morgan fingerprint density at radius 2 is 1.82 bits per heavy atom. The van der Waals surface area contributed by atoms with Crippen molar-refractivity contribution in [2.45, 2.75) is 0 Å². The van der Waals surface area contributed by atoms with Crippen LogP contribution in [0.2, 0.25) is 0 Å². The van der Waals surface area contributed by atoms with E-state index in [0.717, 1.165) is 5.56 Å². The molecule has 0 aliphatic carbocycles. The molecule has 0 atom stereocenters. The molecule has 3 nitrogen and oxygen atoms in total. The fraction of sp³-hybridized carbons (Fsp3) is 0. The van der Waals surface area contributed by atoms with Gasteiger partial charge in [0.05, 0.1) is 0 Å². The van der Waals surface area contributed by atoms with E-state index in [9.17, 15) is 8.42 Å². The highest BCUT2D eigenvalue weighted by Gasteiger charge is 1.81. The standard InChI is InChI=1S/C7H7NO2S/c9-11(10)8-6-7-4-2-1-3-5-7/h1-6,11H. The normalized spacial score (nSPS) is 11.0. The summed E-state index contributed by atoms with van der Waals surface area (Å²) in [5.41, 5.74) is 0.784. The van der Waals surface area contributed by atoms with Gasteiger partial charge in [-0.15, -0.1) is 0 Å². The first-order valence-corrected chi connectivity index (χ1v) is 4.15. The Hall–Kier alpha value is -1.16. The minimum absolute atomic E-state index is 0.784. The summed E-state index contributed by atoms with van der Waals surface area (Å²) in [6.07, 6.45) is 1.31. The van der Waals surface area contributed by atoms with Crippen LogP contribution in [0.25, 0.3) is 0 Å². The van der Waals surface area contributed by atoms with E-state index < -0.39 is 10.9 Å².